The second kappa shape index (κ2) is 10.1. The molecule has 39 heavy (non-hydrogen) atoms. The lowest BCUT2D eigenvalue weighted by atomic mass is 9.88. The third-order valence-corrected chi connectivity index (χ3v) is 8.04. The molecule has 7 nitrogen and oxygen atoms in total. The van der Waals surface area contributed by atoms with Gasteiger partial charge in [0.1, 0.15) is 12.4 Å². The van der Waals surface area contributed by atoms with Crippen LogP contribution in [0.3, 0.4) is 0 Å². The van der Waals surface area contributed by atoms with Gasteiger partial charge in [0.05, 0.1) is 24.1 Å². The van der Waals surface area contributed by atoms with Crippen molar-refractivity contribution in [3.8, 4) is 22.8 Å². The van der Waals surface area contributed by atoms with E-state index in [9.17, 15) is 14.1 Å². The molecular formula is C31H26N2O5S. The van der Waals surface area contributed by atoms with Crippen LogP contribution < -0.4 is 9.47 Å². The molecule has 0 aliphatic carbocycles. The van der Waals surface area contributed by atoms with Crippen LogP contribution in [0.15, 0.2) is 71.8 Å². The van der Waals surface area contributed by atoms with E-state index in [1.807, 2.05) is 67.6 Å². The summed E-state index contributed by atoms with van der Waals surface area (Å²) in [6, 6.07) is 19.1. The molecule has 2 aromatic heterocycles. The van der Waals surface area contributed by atoms with Crippen LogP contribution in [0.2, 0.25) is 0 Å². The number of benzene rings is 3. The van der Waals surface area contributed by atoms with Crippen molar-refractivity contribution in [1.29, 1.82) is 0 Å². The van der Waals surface area contributed by atoms with E-state index in [0.717, 1.165) is 61.2 Å². The van der Waals surface area contributed by atoms with Crippen molar-refractivity contribution in [2.75, 3.05) is 12.9 Å². The fourth-order valence-corrected chi connectivity index (χ4v) is 5.75. The van der Waals surface area contributed by atoms with Crippen LogP contribution in [0.1, 0.15) is 22.3 Å². The number of carbonyl (C=O) groups is 1. The SMILES string of the molecule is Cc1cc2nc(OCc3ccc(S(C)=O)cc3)ccc2c(-c2ccc3c4c(ccnc24)CCO3)c1CC(=O)O. The summed E-state index contributed by atoms with van der Waals surface area (Å²) >= 11 is 0. The van der Waals surface area contributed by atoms with E-state index >= 15 is 0 Å². The maximum Gasteiger partial charge on any atom is 0.307 e. The van der Waals surface area contributed by atoms with Crippen LogP contribution in [0.5, 0.6) is 11.6 Å². The van der Waals surface area contributed by atoms with Crippen LogP contribution in [-0.4, -0.2) is 38.1 Å². The van der Waals surface area contributed by atoms with Gasteiger partial charge >= 0.3 is 5.97 Å². The van der Waals surface area contributed by atoms with Gasteiger partial charge in [0, 0.05) is 57.0 Å². The van der Waals surface area contributed by atoms with Gasteiger partial charge in [-0.25, -0.2) is 4.98 Å². The number of carboxylic acids is 1. The lowest BCUT2D eigenvalue weighted by Gasteiger charge is -2.21. The Bertz CT molecular complexity index is 1770. The minimum absolute atomic E-state index is 0.118. The summed E-state index contributed by atoms with van der Waals surface area (Å²) in [6.45, 7) is 2.85. The second-order valence-electron chi connectivity index (χ2n) is 9.62. The Labute approximate surface area is 227 Å². The fraction of sp³-hybridized carbons (Fsp3) is 0.194. The monoisotopic (exact) mass is 538 g/mol. The third-order valence-electron chi connectivity index (χ3n) is 7.11. The first kappa shape index (κ1) is 25.0. The molecule has 6 rings (SSSR count). The average molecular weight is 539 g/mol. The Balaban J connectivity index is 1.46. The van der Waals surface area contributed by atoms with Crippen LogP contribution in [0.4, 0.5) is 0 Å². The molecule has 0 bridgehead atoms. The van der Waals surface area contributed by atoms with Crippen molar-refractivity contribution in [2.24, 2.45) is 0 Å². The van der Waals surface area contributed by atoms with Gasteiger partial charge in [0.25, 0.3) is 0 Å². The van der Waals surface area contributed by atoms with E-state index in [4.69, 9.17) is 19.4 Å². The number of fused-ring (bicyclic) bond motifs is 1. The smallest absolute Gasteiger partial charge is 0.307 e. The number of nitrogens with zero attached hydrogens (tertiary/aromatic N) is 2. The molecule has 0 saturated carbocycles. The molecule has 0 fully saturated rings. The lowest BCUT2D eigenvalue weighted by Crippen LogP contribution is -2.10. The molecule has 0 spiro atoms. The number of hydrogen-bond acceptors (Lipinski definition) is 6. The normalized spacial score (nSPS) is 13.3. The van der Waals surface area contributed by atoms with E-state index in [1.54, 1.807) is 12.5 Å². The number of aryl methyl sites for hydroxylation is 1. The summed E-state index contributed by atoms with van der Waals surface area (Å²) in [4.78, 5) is 22.2. The molecule has 196 valence electrons. The Morgan fingerprint density at radius 3 is 2.69 bits per heavy atom. The number of hydrogen-bond donors (Lipinski definition) is 1. The molecule has 1 N–H and O–H groups in total. The summed E-state index contributed by atoms with van der Waals surface area (Å²) in [5.41, 5.74) is 6.86. The Kier molecular flexibility index (Phi) is 6.48. The Morgan fingerprint density at radius 2 is 1.92 bits per heavy atom. The molecule has 1 aliphatic rings. The number of aliphatic carboxylic acids is 1. The zero-order valence-corrected chi connectivity index (χ0v) is 22.4. The quantitative estimate of drug-likeness (QED) is 0.286. The highest BCUT2D eigenvalue weighted by atomic mass is 32.2. The maximum absolute atomic E-state index is 11.9. The minimum atomic E-state index is -1.03. The first-order valence-corrected chi connectivity index (χ1v) is 14.2. The minimum Gasteiger partial charge on any atom is -0.493 e. The van der Waals surface area contributed by atoms with Gasteiger partial charge in [-0.3, -0.25) is 14.0 Å². The number of carboxylic acid groups (broad SMARTS) is 1. The molecule has 5 aromatic rings. The topological polar surface area (TPSA) is 98.6 Å². The van der Waals surface area contributed by atoms with Gasteiger partial charge in [0.2, 0.25) is 5.88 Å². The Hall–Kier alpha value is -4.30. The van der Waals surface area contributed by atoms with Gasteiger partial charge in [-0.15, -0.1) is 0 Å². The summed E-state index contributed by atoms with van der Waals surface area (Å²) in [7, 11) is -1.03. The van der Waals surface area contributed by atoms with Gasteiger partial charge < -0.3 is 14.6 Å². The highest BCUT2D eigenvalue weighted by Gasteiger charge is 2.22. The average Bonchev–Trinajstić information content (AvgIpc) is 2.93. The second-order valence-corrected chi connectivity index (χ2v) is 11.0. The Morgan fingerprint density at radius 1 is 1.10 bits per heavy atom. The first-order valence-electron chi connectivity index (χ1n) is 12.6. The van der Waals surface area contributed by atoms with Crippen molar-refractivity contribution in [3.63, 3.8) is 0 Å². The van der Waals surface area contributed by atoms with Crippen molar-refractivity contribution < 1.29 is 23.6 Å². The fourth-order valence-electron chi connectivity index (χ4n) is 5.23. The molecule has 0 amide bonds. The molecule has 8 heteroatoms. The van der Waals surface area contributed by atoms with E-state index < -0.39 is 16.8 Å². The summed E-state index contributed by atoms with van der Waals surface area (Å²) < 4.78 is 23.6. The number of aromatic nitrogens is 2. The maximum atomic E-state index is 11.9. The lowest BCUT2D eigenvalue weighted by molar-refractivity contribution is -0.136. The third kappa shape index (κ3) is 4.72. The molecule has 0 saturated heterocycles. The molecular weight excluding hydrogens is 512 g/mol. The van der Waals surface area contributed by atoms with Gasteiger partial charge in [-0.1, -0.05) is 12.1 Å². The predicted octanol–water partition coefficient (Wildman–Crippen LogP) is 5.64. The zero-order chi connectivity index (χ0) is 27.1. The van der Waals surface area contributed by atoms with E-state index in [2.05, 4.69) is 0 Å². The van der Waals surface area contributed by atoms with E-state index in [1.165, 1.54) is 5.56 Å². The van der Waals surface area contributed by atoms with Crippen LogP contribution >= 0.6 is 0 Å². The molecule has 0 radical (unpaired) electrons. The van der Waals surface area contributed by atoms with Crippen molar-refractivity contribution in [2.45, 2.75) is 31.3 Å². The van der Waals surface area contributed by atoms with E-state index in [-0.39, 0.29) is 6.42 Å². The molecule has 3 aromatic carbocycles. The standard InChI is InChI=1S/C31H26N2O5S/c1-18-15-25-22(8-10-27(33-25)38-17-19-3-5-21(6-4-19)39(2)36)30(24(18)16-28(34)35)23-7-9-26-29-20(12-14-37-26)11-13-32-31(23)29/h3-11,13,15H,12,14,16-17H2,1-2H3,(H,34,35). The molecule has 1 aliphatic heterocycles. The van der Waals surface area contributed by atoms with Crippen LogP contribution in [-0.2, 0) is 35.0 Å². The van der Waals surface area contributed by atoms with Crippen LogP contribution in [0.25, 0.3) is 32.9 Å². The van der Waals surface area contributed by atoms with Crippen molar-refractivity contribution in [1.82, 2.24) is 9.97 Å². The van der Waals surface area contributed by atoms with Gasteiger partial charge in [-0.05, 0) is 77.2 Å². The largest absolute Gasteiger partial charge is 0.493 e. The number of ether oxygens (including phenoxy) is 2. The summed E-state index contributed by atoms with van der Waals surface area (Å²) in [5.74, 6) is 0.362. The number of pyridine rings is 2. The van der Waals surface area contributed by atoms with Crippen molar-refractivity contribution >= 4 is 38.6 Å². The van der Waals surface area contributed by atoms with Gasteiger partial charge in [-0.2, -0.15) is 0 Å². The molecule has 3 heterocycles. The first-order chi connectivity index (χ1) is 18.9. The summed E-state index contributed by atoms with van der Waals surface area (Å²) in [6.07, 6.45) is 4.14. The zero-order valence-electron chi connectivity index (χ0n) is 21.6. The highest BCUT2D eigenvalue weighted by Crippen LogP contribution is 2.42. The molecule has 1 atom stereocenters. The number of rotatable bonds is 7. The highest BCUT2D eigenvalue weighted by molar-refractivity contribution is 7.84. The predicted molar refractivity (Wildman–Crippen MR) is 151 cm³/mol. The van der Waals surface area contributed by atoms with Crippen LogP contribution in [0, 0.1) is 6.92 Å². The van der Waals surface area contributed by atoms with Crippen molar-refractivity contribution in [3.05, 3.63) is 89.1 Å². The van der Waals surface area contributed by atoms with Gasteiger partial charge in [0.15, 0.2) is 0 Å². The molecule has 1 unspecified atom stereocenters. The summed E-state index contributed by atoms with van der Waals surface area (Å²) in [5, 5.41) is 11.6. The van der Waals surface area contributed by atoms with E-state index in [0.29, 0.717) is 24.6 Å².